The number of aliphatic hydroxyl groups is 1. The Balaban J connectivity index is 2.30. The average Bonchev–Trinajstić information content (AvgIpc) is 3.06. The van der Waals surface area contributed by atoms with Crippen LogP contribution in [0.1, 0.15) is 17.2 Å². The molecule has 9 heteroatoms. The predicted octanol–water partition coefficient (Wildman–Crippen LogP) is 2.83. The van der Waals surface area contributed by atoms with Gasteiger partial charge in [0.1, 0.15) is 17.3 Å². The smallest absolute Gasteiger partial charge is 0.295 e. The number of nitrogens with zero attached hydrogens (tertiary/aromatic N) is 2. The molecular weight excluding hydrogens is 431 g/mol. The Bertz CT molecular complexity index is 1100. The zero-order valence-electron chi connectivity index (χ0n) is 19.2. The summed E-state index contributed by atoms with van der Waals surface area (Å²) in [5.41, 5.74) is 0.232. The number of carbonyl (C=O) groups is 2. The molecule has 1 fully saturated rings. The Morgan fingerprint density at radius 1 is 1.06 bits per heavy atom. The predicted molar refractivity (Wildman–Crippen MR) is 120 cm³/mol. The van der Waals surface area contributed by atoms with Crippen molar-refractivity contribution in [2.75, 3.05) is 48.5 Å². The van der Waals surface area contributed by atoms with E-state index in [-0.39, 0.29) is 23.4 Å². The highest BCUT2D eigenvalue weighted by molar-refractivity contribution is 6.46. The second-order valence-electron chi connectivity index (χ2n) is 7.72. The molecule has 1 amide bonds. The minimum absolute atomic E-state index is 0.0324. The molecule has 1 saturated heterocycles. The second kappa shape index (κ2) is 9.91. The number of hydrogen-bond acceptors (Lipinski definition) is 7. The highest BCUT2D eigenvalue weighted by Gasteiger charge is 2.47. The molecule has 8 nitrogen and oxygen atoms in total. The number of amides is 1. The van der Waals surface area contributed by atoms with Crippen molar-refractivity contribution in [3.63, 3.8) is 0 Å². The van der Waals surface area contributed by atoms with Crippen LogP contribution >= 0.6 is 0 Å². The Morgan fingerprint density at radius 3 is 2.36 bits per heavy atom. The van der Waals surface area contributed by atoms with Crippen molar-refractivity contribution in [2.24, 2.45) is 0 Å². The normalized spacial score (nSPS) is 17.5. The zero-order valence-corrected chi connectivity index (χ0v) is 19.2. The molecule has 3 rings (SSSR count). The Labute approximate surface area is 191 Å². The van der Waals surface area contributed by atoms with E-state index < -0.39 is 29.3 Å². The van der Waals surface area contributed by atoms with Gasteiger partial charge >= 0.3 is 0 Å². The third kappa shape index (κ3) is 4.49. The highest BCUT2D eigenvalue weighted by atomic mass is 19.1. The largest absolute Gasteiger partial charge is 0.507 e. The number of carbonyl (C=O) groups excluding carboxylic acids is 2. The molecule has 0 aliphatic carbocycles. The van der Waals surface area contributed by atoms with Crippen molar-refractivity contribution in [1.82, 2.24) is 9.80 Å². The Kier molecular flexibility index (Phi) is 7.23. The van der Waals surface area contributed by atoms with Crippen LogP contribution in [0.3, 0.4) is 0 Å². The summed E-state index contributed by atoms with van der Waals surface area (Å²) in [5.74, 6) is -1.95. The van der Waals surface area contributed by atoms with Gasteiger partial charge in [0.25, 0.3) is 11.7 Å². The fraction of sp³-hybridized carbons (Fsp3) is 0.333. The van der Waals surface area contributed by atoms with Crippen molar-refractivity contribution >= 4 is 17.4 Å². The summed E-state index contributed by atoms with van der Waals surface area (Å²) in [6.07, 6.45) is 0. The van der Waals surface area contributed by atoms with Gasteiger partial charge in [-0.3, -0.25) is 9.59 Å². The van der Waals surface area contributed by atoms with E-state index >= 15 is 0 Å². The summed E-state index contributed by atoms with van der Waals surface area (Å²) < 4.78 is 30.2. The maximum Gasteiger partial charge on any atom is 0.295 e. The first-order valence-corrected chi connectivity index (χ1v) is 10.2. The monoisotopic (exact) mass is 458 g/mol. The molecule has 1 atom stereocenters. The van der Waals surface area contributed by atoms with Crippen LogP contribution in [0.4, 0.5) is 4.39 Å². The van der Waals surface area contributed by atoms with Crippen molar-refractivity contribution in [2.45, 2.75) is 6.04 Å². The van der Waals surface area contributed by atoms with E-state index in [9.17, 15) is 19.1 Å². The number of Topliss-reactive ketones (excluding diaryl/α,β-unsaturated/α-hetero) is 1. The van der Waals surface area contributed by atoms with Crippen LogP contribution in [0.25, 0.3) is 5.76 Å². The fourth-order valence-corrected chi connectivity index (χ4v) is 3.88. The molecule has 0 bridgehead atoms. The highest BCUT2D eigenvalue weighted by Crippen LogP contribution is 2.46. The molecule has 1 aliphatic rings. The fourth-order valence-electron chi connectivity index (χ4n) is 3.88. The second-order valence-corrected chi connectivity index (χ2v) is 7.72. The number of ketones is 1. The van der Waals surface area contributed by atoms with Gasteiger partial charge in [-0.05, 0) is 38.4 Å². The number of halogens is 1. The molecule has 0 spiro atoms. The van der Waals surface area contributed by atoms with Gasteiger partial charge < -0.3 is 29.1 Å². The number of aliphatic hydroxyl groups excluding tert-OH is 1. The van der Waals surface area contributed by atoms with Gasteiger partial charge in [0, 0.05) is 18.7 Å². The summed E-state index contributed by atoms with van der Waals surface area (Å²) in [5, 5.41) is 11.2. The van der Waals surface area contributed by atoms with Gasteiger partial charge in [-0.25, -0.2) is 4.39 Å². The van der Waals surface area contributed by atoms with Gasteiger partial charge in [-0.2, -0.15) is 0 Å². The molecule has 0 saturated carbocycles. The molecule has 1 N–H and O–H groups in total. The molecule has 2 aromatic carbocycles. The molecule has 33 heavy (non-hydrogen) atoms. The van der Waals surface area contributed by atoms with Crippen LogP contribution in [0.5, 0.6) is 17.2 Å². The van der Waals surface area contributed by atoms with Crippen LogP contribution in [-0.2, 0) is 9.59 Å². The Morgan fingerprint density at radius 2 is 1.76 bits per heavy atom. The maximum atomic E-state index is 14.0. The van der Waals surface area contributed by atoms with Crippen molar-refractivity contribution in [1.29, 1.82) is 0 Å². The minimum Gasteiger partial charge on any atom is -0.507 e. The van der Waals surface area contributed by atoms with Crippen LogP contribution in [0.15, 0.2) is 42.0 Å². The summed E-state index contributed by atoms with van der Waals surface area (Å²) in [6.45, 7) is 0.679. The lowest BCUT2D eigenvalue weighted by molar-refractivity contribution is -0.140. The van der Waals surface area contributed by atoms with E-state index in [2.05, 4.69) is 0 Å². The molecular formula is C24H27FN2O6. The number of benzene rings is 2. The lowest BCUT2D eigenvalue weighted by atomic mass is 9.94. The van der Waals surface area contributed by atoms with Crippen LogP contribution in [0.2, 0.25) is 0 Å². The SMILES string of the molecule is COc1ccc(F)cc1C(O)=C1C(=O)C(=O)N(CCN(C)C)C1c1cccc(OC)c1OC. The van der Waals surface area contributed by atoms with Crippen LogP contribution < -0.4 is 14.2 Å². The molecule has 0 aromatic heterocycles. The van der Waals surface area contributed by atoms with Crippen molar-refractivity contribution in [3.05, 3.63) is 58.9 Å². The van der Waals surface area contributed by atoms with Gasteiger partial charge in [0.2, 0.25) is 0 Å². The van der Waals surface area contributed by atoms with E-state index in [0.29, 0.717) is 23.6 Å². The van der Waals surface area contributed by atoms with E-state index in [1.165, 1.54) is 38.4 Å². The van der Waals surface area contributed by atoms with Gasteiger partial charge in [0.05, 0.1) is 38.5 Å². The van der Waals surface area contributed by atoms with Crippen LogP contribution in [0, 0.1) is 5.82 Å². The third-order valence-electron chi connectivity index (χ3n) is 5.47. The lowest BCUT2D eigenvalue weighted by Crippen LogP contribution is -2.35. The van der Waals surface area contributed by atoms with E-state index in [4.69, 9.17) is 14.2 Å². The standard InChI is InChI=1S/C24H27FN2O6/c1-26(2)11-12-27-20(15-7-6-8-18(32-4)23(15)33-5)19(22(29)24(27)30)21(28)16-13-14(25)9-10-17(16)31-3/h6-10,13,20,28H,11-12H2,1-5H3. The van der Waals surface area contributed by atoms with Gasteiger partial charge in [-0.15, -0.1) is 0 Å². The first kappa shape index (κ1) is 24.1. The Hall–Kier alpha value is -3.59. The first-order valence-electron chi connectivity index (χ1n) is 10.2. The summed E-state index contributed by atoms with van der Waals surface area (Å²) in [7, 11) is 7.97. The lowest BCUT2D eigenvalue weighted by Gasteiger charge is -2.28. The number of hydrogen-bond donors (Lipinski definition) is 1. The first-order chi connectivity index (χ1) is 15.7. The molecule has 176 valence electrons. The minimum atomic E-state index is -0.983. The van der Waals surface area contributed by atoms with Gasteiger partial charge in [0.15, 0.2) is 11.5 Å². The number of methoxy groups -OCH3 is 3. The zero-order chi connectivity index (χ0) is 24.3. The van der Waals surface area contributed by atoms with E-state index in [0.717, 1.165) is 6.07 Å². The molecule has 2 aromatic rings. The van der Waals surface area contributed by atoms with Crippen LogP contribution in [-0.4, -0.2) is 75.1 Å². The quantitative estimate of drug-likeness (QED) is 0.370. The molecule has 1 aliphatic heterocycles. The molecule has 1 heterocycles. The number of likely N-dealkylation sites (tertiary alicyclic amines) is 1. The van der Waals surface area contributed by atoms with E-state index in [1.807, 2.05) is 19.0 Å². The molecule has 1 unspecified atom stereocenters. The number of rotatable bonds is 8. The molecule has 0 radical (unpaired) electrons. The third-order valence-corrected chi connectivity index (χ3v) is 5.47. The van der Waals surface area contributed by atoms with E-state index in [1.54, 1.807) is 18.2 Å². The topological polar surface area (TPSA) is 88.5 Å². The number of likely N-dealkylation sites (N-methyl/N-ethyl adjacent to an activating group) is 1. The average molecular weight is 458 g/mol. The maximum absolute atomic E-state index is 14.0. The number of para-hydroxylation sites is 1. The summed E-state index contributed by atoms with van der Waals surface area (Å²) in [6, 6.07) is 7.66. The van der Waals surface area contributed by atoms with Crippen molar-refractivity contribution < 1.29 is 33.3 Å². The number of ether oxygens (including phenoxy) is 3. The summed E-state index contributed by atoms with van der Waals surface area (Å²) >= 11 is 0. The summed E-state index contributed by atoms with van der Waals surface area (Å²) in [4.78, 5) is 29.5. The van der Waals surface area contributed by atoms with Crippen molar-refractivity contribution in [3.8, 4) is 17.2 Å². The van der Waals surface area contributed by atoms with Gasteiger partial charge in [-0.1, -0.05) is 12.1 Å².